The predicted octanol–water partition coefficient (Wildman–Crippen LogP) is 3.15. The summed E-state index contributed by atoms with van der Waals surface area (Å²) in [5.41, 5.74) is 1.72. The molecule has 0 saturated heterocycles. The van der Waals surface area contributed by atoms with E-state index in [4.69, 9.17) is 16.3 Å². The number of hydrogen-bond acceptors (Lipinski definition) is 4. The Kier molecular flexibility index (Phi) is 3.42. The molecule has 1 atom stereocenters. The molecule has 0 radical (unpaired) electrons. The van der Waals surface area contributed by atoms with Gasteiger partial charge >= 0.3 is 0 Å². The highest BCUT2D eigenvalue weighted by Gasteiger charge is 2.30. The average molecular weight is 259 g/mol. The van der Waals surface area contributed by atoms with E-state index >= 15 is 0 Å². The Bertz CT molecular complexity index is 407. The number of fused-ring (bicyclic) bond motifs is 1. The molecule has 0 bridgehead atoms. The van der Waals surface area contributed by atoms with Crippen molar-refractivity contribution in [1.82, 2.24) is 9.97 Å². The first-order valence-corrected chi connectivity index (χ1v) is 6.82. The molecule has 0 fully saturated rings. The van der Waals surface area contributed by atoms with Crippen molar-refractivity contribution in [3.63, 3.8) is 0 Å². The fourth-order valence-corrected chi connectivity index (χ4v) is 3.02. The summed E-state index contributed by atoms with van der Waals surface area (Å²) in [6.07, 6.45) is 0.825. The van der Waals surface area contributed by atoms with Crippen LogP contribution in [0.3, 0.4) is 0 Å². The molecule has 2 rings (SSSR count). The summed E-state index contributed by atoms with van der Waals surface area (Å²) in [5, 5.41) is 0.585. The van der Waals surface area contributed by atoms with E-state index in [1.54, 1.807) is 7.11 Å². The van der Waals surface area contributed by atoms with Gasteiger partial charge in [0.2, 0.25) is 0 Å². The maximum atomic E-state index is 6.17. The zero-order valence-electron chi connectivity index (χ0n) is 9.71. The molecular formula is C11H15ClN2OS. The minimum absolute atomic E-state index is 0.439. The van der Waals surface area contributed by atoms with E-state index in [1.165, 1.54) is 0 Å². The lowest BCUT2D eigenvalue weighted by molar-refractivity contribution is -0.00912. The van der Waals surface area contributed by atoms with Crippen molar-refractivity contribution in [1.29, 1.82) is 0 Å². The molecule has 0 saturated carbocycles. The summed E-state index contributed by atoms with van der Waals surface area (Å²) in [7, 11) is 1.68. The number of halogens is 1. The summed E-state index contributed by atoms with van der Waals surface area (Å²) in [6, 6.07) is 0. The lowest BCUT2D eigenvalue weighted by atomic mass is 10.0. The molecule has 16 heavy (non-hydrogen) atoms. The first-order chi connectivity index (χ1) is 7.60. The third-order valence-corrected chi connectivity index (χ3v) is 4.41. The van der Waals surface area contributed by atoms with Crippen LogP contribution in [0.15, 0.2) is 0 Å². The van der Waals surface area contributed by atoms with Gasteiger partial charge in [0.25, 0.3) is 0 Å². The van der Waals surface area contributed by atoms with Crippen LogP contribution >= 0.6 is 23.4 Å². The molecule has 0 spiro atoms. The molecule has 1 unspecified atom stereocenters. The Labute approximate surface area is 105 Å². The number of ether oxygens (including phenoxy) is 1. The third-order valence-electron chi connectivity index (χ3n) is 3.13. The third kappa shape index (κ3) is 1.94. The highest BCUT2D eigenvalue weighted by molar-refractivity contribution is 7.98. The van der Waals surface area contributed by atoms with Crippen LogP contribution < -0.4 is 0 Å². The molecule has 0 aromatic carbocycles. The Morgan fingerprint density at radius 2 is 2.19 bits per heavy atom. The molecule has 5 heteroatoms. The van der Waals surface area contributed by atoms with Gasteiger partial charge in [-0.3, -0.25) is 0 Å². The maximum absolute atomic E-state index is 6.17. The second kappa shape index (κ2) is 4.51. The fraction of sp³-hybridized carbons (Fsp3) is 0.636. The van der Waals surface area contributed by atoms with E-state index in [1.807, 2.05) is 18.7 Å². The largest absolute Gasteiger partial charge is 0.371 e. The number of nitrogens with zero attached hydrogens (tertiary/aromatic N) is 2. The van der Waals surface area contributed by atoms with Gasteiger partial charge in [0.1, 0.15) is 10.8 Å². The van der Waals surface area contributed by atoms with Crippen molar-refractivity contribution in [3.05, 3.63) is 22.2 Å². The predicted molar refractivity (Wildman–Crippen MR) is 66.7 cm³/mol. The summed E-state index contributed by atoms with van der Waals surface area (Å²) < 4.78 is 5.50. The van der Waals surface area contributed by atoms with Gasteiger partial charge in [0.15, 0.2) is 5.82 Å². The van der Waals surface area contributed by atoms with Gasteiger partial charge in [-0.15, -0.1) is 0 Å². The van der Waals surface area contributed by atoms with Crippen LogP contribution in [0.5, 0.6) is 0 Å². The topological polar surface area (TPSA) is 35.0 Å². The number of aromatic nitrogens is 2. The number of thioether (sulfide) groups is 1. The molecule has 88 valence electrons. The SMILES string of the molecule is CCC(C)(OC)c1nc(Cl)c2c(n1)CSC2. The van der Waals surface area contributed by atoms with Gasteiger partial charge < -0.3 is 4.74 Å². The average Bonchev–Trinajstić information content (AvgIpc) is 2.76. The smallest absolute Gasteiger partial charge is 0.161 e. The zero-order chi connectivity index (χ0) is 11.8. The number of hydrogen-bond donors (Lipinski definition) is 0. The van der Waals surface area contributed by atoms with Crippen LogP contribution in [0.1, 0.15) is 37.4 Å². The maximum Gasteiger partial charge on any atom is 0.161 e. The molecular weight excluding hydrogens is 244 g/mol. The van der Waals surface area contributed by atoms with E-state index in [9.17, 15) is 0 Å². The summed E-state index contributed by atoms with van der Waals surface area (Å²) in [4.78, 5) is 8.96. The van der Waals surface area contributed by atoms with Crippen molar-refractivity contribution in [2.45, 2.75) is 37.4 Å². The van der Waals surface area contributed by atoms with E-state index < -0.39 is 5.60 Å². The number of methoxy groups -OCH3 is 1. The molecule has 1 aliphatic rings. The molecule has 3 nitrogen and oxygen atoms in total. The van der Waals surface area contributed by atoms with Gasteiger partial charge in [-0.2, -0.15) is 11.8 Å². The van der Waals surface area contributed by atoms with Gasteiger partial charge in [-0.05, 0) is 13.3 Å². The molecule has 0 amide bonds. The van der Waals surface area contributed by atoms with Gasteiger partial charge in [-0.1, -0.05) is 18.5 Å². The van der Waals surface area contributed by atoms with Crippen molar-refractivity contribution in [2.75, 3.05) is 7.11 Å². The molecule has 0 aliphatic carbocycles. The summed E-state index contributed by atoms with van der Waals surface area (Å²) >= 11 is 8.00. The Hall–Kier alpha value is -0.320. The second-order valence-electron chi connectivity index (χ2n) is 4.04. The minimum Gasteiger partial charge on any atom is -0.371 e. The summed E-state index contributed by atoms with van der Waals surface area (Å²) in [6.45, 7) is 4.05. The first kappa shape index (κ1) is 12.1. The van der Waals surface area contributed by atoms with E-state index in [-0.39, 0.29) is 0 Å². The van der Waals surface area contributed by atoms with Crippen molar-refractivity contribution >= 4 is 23.4 Å². The van der Waals surface area contributed by atoms with Gasteiger partial charge in [0, 0.05) is 24.2 Å². The van der Waals surface area contributed by atoms with Crippen LogP contribution in [0.25, 0.3) is 0 Å². The van der Waals surface area contributed by atoms with Crippen molar-refractivity contribution in [2.24, 2.45) is 0 Å². The van der Waals surface area contributed by atoms with E-state index in [0.29, 0.717) is 11.0 Å². The second-order valence-corrected chi connectivity index (χ2v) is 5.39. The Morgan fingerprint density at radius 3 is 2.81 bits per heavy atom. The lowest BCUT2D eigenvalue weighted by Gasteiger charge is -2.25. The quantitative estimate of drug-likeness (QED) is 0.781. The van der Waals surface area contributed by atoms with Gasteiger partial charge in [0.05, 0.1) is 5.69 Å². The van der Waals surface area contributed by atoms with Crippen LogP contribution in [-0.2, 0) is 21.8 Å². The van der Waals surface area contributed by atoms with Gasteiger partial charge in [-0.25, -0.2) is 9.97 Å². The van der Waals surface area contributed by atoms with Crippen molar-refractivity contribution < 1.29 is 4.74 Å². The lowest BCUT2D eigenvalue weighted by Crippen LogP contribution is -2.27. The highest BCUT2D eigenvalue weighted by atomic mass is 35.5. The zero-order valence-corrected chi connectivity index (χ0v) is 11.3. The number of rotatable bonds is 3. The molecule has 1 aromatic heterocycles. The van der Waals surface area contributed by atoms with E-state index in [2.05, 4.69) is 16.9 Å². The normalized spacial score (nSPS) is 18.2. The van der Waals surface area contributed by atoms with Crippen molar-refractivity contribution in [3.8, 4) is 0 Å². The standard InChI is InChI=1S/C11H15ClN2OS/c1-4-11(2,15-3)10-13-8-6-16-5-7(8)9(12)14-10/h4-6H2,1-3H3. The summed E-state index contributed by atoms with van der Waals surface area (Å²) in [5.74, 6) is 2.54. The monoisotopic (exact) mass is 258 g/mol. The van der Waals surface area contributed by atoms with Crippen LogP contribution in [0, 0.1) is 0 Å². The Morgan fingerprint density at radius 1 is 1.44 bits per heavy atom. The first-order valence-electron chi connectivity index (χ1n) is 5.29. The van der Waals surface area contributed by atoms with E-state index in [0.717, 1.165) is 29.2 Å². The Balaban J connectivity index is 2.47. The van der Waals surface area contributed by atoms with Crippen LogP contribution in [-0.4, -0.2) is 17.1 Å². The fourth-order valence-electron chi connectivity index (χ4n) is 1.64. The molecule has 1 aliphatic heterocycles. The van der Waals surface area contributed by atoms with Crippen LogP contribution in [0.4, 0.5) is 0 Å². The molecule has 1 aromatic rings. The molecule has 0 N–H and O–H groups in total. The highest BCUT2D eigenvalue weighted by Crippen LogP contribution is 2.35. The van der Waals surface area contributed by atoms with Crippen LogP contribution in [0.2, 0.25) is 5.15 Å². The minimum atomic E-state index is -0.439. The molecule has 2 heterocycles.